The van der Waals surface area contributed by atoms with Gasteiger partial charge in [-0.05, 0) is 48.2 Å². The molecule has 7 nitrogen and oxygen atoms in total. The molecule has 38 heavy (non-hydrogen) atoms. The summed E-state index contributed by atoms with van der Waals surface area (Å²) >= 11 is 0. The highest BCUT2D eigenvalue weighted by atomic mass is 16.4. The smallest absolute Gasteiger partial charge is 0.404 e. The van der Waals surface area contributed by atoms with E-state index in [2.05, 4.69) is 63.6 Å². The average molecular weight is 515 g/mol. The summed E-state index contributed by atoms with van der Waals surface area (Å²) in [7, 11) is 0. The predicted molar refractivity (Wildman–Crippen MR) is 150 cm³/mol. The van der Waals surface area contributed by atoms with Crippen LogP contribution in [0.4, 0.5) is 4.79 Å². The number of carbonyl (C=O) groups is 2. The number of carbonyl (C=O) groups excluding carboxylic acids is 1. The first-order valence-electron chi connectivity index (χ1n) is 13.4. The van der Waals surface area contributed by atoms with Crippen LogP contribution in [-0.2, 0) is 13.1 Å². The van der Waals surface area contributed by atoms with Gasteiger partial charge in [0, 0.05) is 57.9 Å². The molecule has 3 aromatic rings. The number of hydrogen-bond acceptors (Lipinski definition) is 4. The quantitative estimate of drug-likeness (QED) is 0.405. The zero-order chi connectivity index (χ0) is 26.9. The number of hydrogen-bond donors (Lipinski definition) is 2. The van der Waals surface area contributed by atoms with Crippen LogP contribution in [0.2, 0.25) is 0 Å². The van der Waals surface area contributed by atoms with Crippen LogP contribution in [0, 0.1) is 0 Å². The fourth-order valence-electron chi connectivity index (χ4n) is 5.19. The Bertz CT molecular complexity index is 1190. The number of benzene rings is 3. The molecule has 1 unspecified atom stereocenters. The zero-order valence-electron chi connectivity index (χ0n) is 22.3. The van der Waals surface area contributed by atoms with Crippen LogP contribution in [0.15, 0.2) is 78.9 Å². The molecule has 7 heteroatoms. The minimum absolute atomic E-state index is 0.0104. The lowest BCUT2D eigenvalue weighted by molar-refractivity contribution is 0.0772. The second kappa shape index (κ2) is 13.2. The Kier molecular flexibility index (Phi) is 9.51. The van der Waals surface area contributed by atoms with Gasteiger partial charge in [0.1, 0.15) is 0 Å². The maximum atomic E-state index is 12.9. The molecule has 1 saturated heterocycles. The second-order valence-electron chi connectivity index (χ2n) is 9.70. The molecule has 0 aromatic heterocycles. The van der Waals surface area contributed by atoms with E-state index >= 15 is 0 Å². The Hall–Kier alpha value is -3.68. The van der Waals surface area contributed by atoms with Crippen molar-refractivity contribution in [1.82, 2.24) is 20.0 Å². The molecule has 1 heterocycles. The van der Waals surface area contributed by atoms with Crippen LogP contribution in [-0.4, -0.2) is 71.1 Å². The van der Waals surface area contributed by atoms with Gasteiger partial charge in [0.05, 0.1) is 6.04 Å². The van der Waals surface area contributed by atoms with Crippen LogP contribution < -0.4 is 5.32 Å². The van der Waals surface area contributed by atoms with Crippen LogP contribution in [0.1, 0.15) is 52.5 Å². The number of piperazine rings is 1. The van der Waals surface area contributed by atoms with Crippen LogP contribution in [0.5, 0.6) is 0 Å². The summed E-state index contributed by atoms with van der Waals surface area (Å²) in [6, 6.07) is 26.7. The van der Waals surface area contributed by atoms with E-state index in [1.165, 1.54) is 5.56 Å². The van der Waals surface area contributed by atoms with Gasteiger partial charge in [0.25, 0.3) is 5.91 Å². The minimum Gasteiger partial charge on any atom is -0.465 e. The van der Waals surface area contributed by atoms with Gasteiger partial charge < -0.3 is 15.3 Å². The first-order chi connectivity index (χ1) is 18.5. The largest absolute Gasteiger partial charge is 0.465 e. The summed E-state index contributed by atoms with van der Waals surface area (Å²) in [5.41, 5.74) is 5.19. The number of amides is 2. The van der Waals surface area contributed by atoms with E-state index in [4.69, 9.17) is 5.11 Å². The molecule has 0 spiro atoms. The normalized spacial score (nSPS) is 15.1. The van der Waals surface area contributed by atoms with Crippen LogP contribution >= 0.6 is 0 Å². The van der Waals surface area contributed by atoms with Crippen molar-refractivity contribution in [2.75, 3.05) is 39.3 Å². The Balaban J connectivity index is 1.57. The van der Waals surface area contributed by atoms with Crippen LogP contribution in [0.25, 0.3) is 0 Å². The summed E-state index contributed by atoms with van der Waals surface area (Å²) in [6.07, 6.45) is -1.03. The molecule has 3 aromatic carbocycles. The standard InChI is InChI=1S/C31H38N4O3/c1-3-34(4-2)30(36)27-15-13-26(14-16-27)29(28-12-8-11-25(21-28)22-32-31(37)38)35-19-17-33(18-20-35)23-24-9-6-5-7-10-24/h5-16,21,29,32H,3-4,17-20,22-23H2,1-2H3,(H,37,38). The molecule has 1 aliphatic rings. The van der Waals surface area contributed by atoms with E-state index in [9.17, 15) is 9.59 Å². The van der Waals surface area contributed by atoms with Crippen LogP contribution in [0.3, 0.4) is 0 Å². The highest BCUT2D eigenvalue weighted by molar-refractivity contribution is 5.94. The Morgan fingerprint density at radius 3 is 2.13 bits per heavy atom. The third kappa shape index (κ3) is 7.00. The highest BCUT2D eigenvalue weighted by Crippen LogP contribution is 2.31. The van der Waals surface area contributed by atoms with Gasteiger partial charge >= 0.3 is 6.09 Å². The van der Waals surface area contributed by atoms with Crippen molar-refractivity contribution in [2.24, 2.45) is 0 Å². The van der Waals surface area contributed by atoms with E-state index < -0.39 is 6.09 Å². The molecular weight excluding hydrogens is 476 g/mol. The second-order valence-corrected chi connectivity index (χ2v) is 9.70. The summed E-state index contributed by atoms with van der Waals surface area (Å²) in [5.74, 6) is 0.0503. The third-order valence-electron chi connectivity index (χ3n) is 7.26. The lowest BCUT2D eigenvalue weighted by Crippen LogP contribution is -2.47. The van der Waals surface area contributed by atoms with Gasteiger partial charge in [0.15, 0.2) is 0 Å². The number of rotatable bonds is 10. The number of nitrogens with zero attached hydrogens (tertiary/aromatic N) is 3. The van der Waals surface area contributed by atoms with Crippen molar-refractivity contribution in [1.29, 1.82) is 0 Å². The fourth-order valence-corrected chi connectivity index (χ4v) is 5.19. The van der Waals surface area contributed by atoms with Gasteiger partial charge in [-0.25, -0.2) is 4.79 Å². The maximum Gasteiger partial charge on any atom is 0.404 e. The average Bonchev–Trinajstić information content (AvgIpc) is 2.95. The third-order valence-corrected chi connectivity index (χ3v) is 7.26. The molecule has 0 aliphatic carbocycles. The maximum absolute atomic E-state index is 12.9. The predicted octanol–water partition coefficient (Wildman–Crippen LogP) is 4.84. The fraction of sp³-hybridized carbons (Fsp3) is 0.355. The van der Waals surface area contributed by atoms with Gasteiger partial charge in [-0.1, -0.05) is 66.7 Å². The zero-order valence-corrected chi connectivity index (χ0v) is 22.3. The molecule has 2 amide bonds. The molecule has 2 N–H and O–H groups in total. The van der Waals surface area contributed by atoms with E-state index in [1.807, 2.05) is 49.1 Å². The molecule has 200 valence electrons. The minimum atomic E-state index is -1.03. The number of carboxylic acid groups (broad SMARTS) is 1. The Morgan fingerprint density at radius 2 is 1.50 bits per heavy atom. The Labute approximate surface area is 225 Å². The lowest BCUT2D eigenvalue weighted by atomic mass is 9.94. The van der Waals surface area contributed by atoms with Crippen molar-refractivity contribution < 1.29 is 14.7 Å². The van der Waals surface area contributed by atoms with E-state index in [1.54, 1.807) is 0 Å². The van der Waals surface area contributed by atoms with Crippen molar-refractivity contribution in [3.63, 3.8) is 0 Å². The lowest BCUT2D eigenvalue weighted by Gasteiger charge is -2.40. The van der Waals surface area contributed by atoms with Crippen molar-refractivity contribution in [3.8, 4) is 0 Å². The molecule has 4 rings (SSSR count). The molecule has 1 fully saturated rings. The topological polar surface area (TPSA) is 76.1 Å². The van der Waals surface area contributed by atoms with E-state index in [0.717, 1.165) is 49.4 Å². The van der Waals surface area contributed by atoms with Crippen molar-refractivity contribution in [2.45, 2.75) is 33.0 Å². The first-order valence-corrected chi connectivity index (χ1v) is 13.4. The summed E-state index contributed by atoms with van der Waals surface area (Å²) in [5, 5.41) is 11.5. The Morgan fingerprint density at radius 1 is 0.842 bits per heavy atom. The van der Waals surface area contributed by atoms with E-state index in [0.29, 0.717) is 18.7 Å². The summed E-state index contributed by atoms with van der Waals surface area (Å²) in [4.78, 5) is 30.7. The van der Waals surface area contributed by atoms with Gasteiger partial charge in [0.2, 0.25) is 0 Å². The monoisotopic (exact) mass is 514 g/mol. The molecule has 1 aliphatic heterocycles. The molecule has 0 bridgehead atoms. The molecule has 1 atom stereocenters. The first kappa shape index (κ1) is 27.4. The summed E-state index contributed by atoms with van der Waals surface area (Å²) < 4.78 is 0. The van der Waals surface area contributed by atoms with Crippen molar-refractivity contribution >= 4 is 12.0 Å². The molecule has 0 saturated carbocycles. The van der Waals surface area contributed by atoms with E-state index in [-0.39, 0.29) is 18.5 Å². The number of nitrogens with one attached hydrogen (secondary N) is 1. The SMILES string of the molecule is CCN(CC)C(=O)c1ccc(C(c2cccc(CNC(=O)O)c2)N2CCN(Cc3ccccc3)CC2)cc1. The molecular formula is C31H38N4O3. The summed E-state index contributed by atoms with van der Waals surface area (Å²) in [6.45, 7) is 10.3. The molecule has 0 radical (unpaired) electrons. The van der Waals surface area contributed by atoms with Gasteiger partial charge in [-0.2, -0.15) is 0 Å². The van der Waals surface area contributed by atoms with Crippen molar-refractivity contribution in [3.05, 3.63) is 107 Å². The highest BCUT2D eigenvalue weighted by Gasteiger charge is 2.27. The van der Waals surface area contributed by atoms with Gasteiger partial charge in [-0.15, -0.1) is 0 Å². The van der Waals surface area contributed by atoms with Gasteiger partial charge in [-0.3, -0.25) is 14.6 Å².